The highest BCUT2D eigenvalue weighted by Crippen LogP contribution is 2.37. The molecule has 4 aromatic rings. The summed E-state index contributed by atoms with van der Waals surface area (Å²) in [5.41, 5.74) is 1.11. The third-order valence-corrected chi connectivity index (χ3v) is 5.87. The first-order valence-corrected chi connectivity index (χ1v) is 11.1. The number of aromatic nitrogens is 2. The summed E-state index contributed by atoms with van der Waals surface area (Å²) in [5.74, 6) is 0.611. The van der Waals surface area contributed by atoms with Crippen LogP contribution in [0.2, 0.25) is 0 Å². The van der Waals surface area contributed by atoms with Crippen molar-refractivity contribution in [1.29, 1.82) is 0 Å². The van der Waals surface area contributed by atoms with Gasteiger partial charge in [-0.15, -0.1) is 13.2 Å². The van der Waals surface area contributed by atoms with Gasteiger partial charge in [0.05, 0.1) is 15.9 Å². The Morgan fingerprint density at radius 3 is 2.19 bits per heavy atom. The Labute approximate surface area is 176 Å². The number of halogens is 3. The minimum Gasteiger partial charge on any atom is -0.457 e. The highest BCUT2D eigenvalue weighted by atomic mass is 32.2. The van der Waals surface area contributed by atoms with Gasteiger partial charge >= 0.3 is 6.30 Å². The Bertz CT molecular complexity index is 1380. The summed E-state index contributed by atoms with van der Waals surface area (Å²) >= 11 is 0. The summed E-state index contributed by atoms with van der Waals surface area (Å²) in [5, 5.41) is 0. The Balaban J connectivity index is 1.70. The highest BCUT2D eigenvalue weighted by molar-refractivity contribution is 7.90. The summed E-state index contributed by atoms with van der Waals surface area (Å²) in [6.45, 7) is 1.68. The smallest absolute Gasteiger partial charge is 0.457 e. The lowest BCUT2D eigenvalue weighted by Gasteiger charge is -2.15. The third kappa shape index (κ3) is 4.13. The molecule has 3 aromatic carbocycles. The number of rotatable bonds is 4. The number of alkyl halides is 3. The molecule has 0 fully saturated rings. The monoisotopic (exact) mass is 446 g/mol. The quantitative estimate of drug-likeness (QED) is 0.404. The van der Waals surface area contributed by atoms with Crippen LogP contribution in [-0.4, -0.2) is 24.2 Å². The van der Waals surface area contributed by atoms with Crippen molar-refractivity contribution in [2.24, 2.45) is 0 Å². The van der Waals surface area contributed by atoms with Crippen LogP contribution in [0, 0.1) is 6.92 Å². The molecule has 0 bridgehead atoms. The summed E-state index contributed by atoms with van der Waals surface area (Å²) in [7, 11) is -3.32. The molecule has 0 amide bonds. The second-order valence-corrected chi connectivity index (χ2v) is 9.07. The molecule has 0 atom stereocenters. The molecule has 31 heavy (non-hydrogen) atoms. The van der Waals surface area contributed by atoms with E-state index in [4.69, 9.17) is 4.74 Å². The zero-order valence-corrected chi connectivity index (χ0v) is 17.3. The van der Waals surface area contributed by atoms with Crippen LogP contribution in [0.15, 0.2) is 71.6 Å². The fourth-order valence-electron chi connectivity index (χ4n) is 3.30. The SMILES string of the molecule is Cc1cc(Oc2ccc(S(C)(=O)=O)cc2)ccc1-c1nc2ccccc2n1C(F)(F)F. The van der Waals surface area contributed by atoms with E-state index >= 15 is 0 Å². The predicted octanol–water partition coefficient (Wildman–Crippen LogP) is 5.68. The molecule has 5 nitrogen and oxygen atoms in total. The van der Waals surface area contributed by atoms with Gasteiger partial charge in [-0.1, -0.05) is 12.1 Å². The van der Waals surface area contributed by atoms with Gasteiger partial charge in [0.25, 0.3) is 0 Å². The van der Waals surface area contributed by atoms with Crippen molar-refractivity contribution in [3.05, 3.63) is 72.3 Å². The zero-order chi connectivity index (χ0) is 22.4. The zero-order valence-electron chi connectivity index (χ0n) is 16.5. The van der Waals surface area contributed by atoms with Crippen LogP contribution in [0.4, 0.5) is 13.2 Å². The van der Waals surface area contributed by atoms with E-state index in [1.54, 1.807) is 25.1 Å². The summed E-state index contributed by atoms with van der Waals surface area (Å²) in [4.78, 5) is 4.37. The third-order valence-electron chi connectivity index (χ3n) is 4.74. The summed E-state index contributed by atoms with van der Waals surface area (Å²) in [6, 6.07) is 16.7. The number of fused-ring (bicyclic) bond motifs is 1. The molecule has 0 spiro atoms. The topological polar surface area (TPSA) is 61.2 Å². The number of imidazole rings is 1. The summed E-state index contributed by atoms with van der Waals surface area (Å²) in [6.07, 6.45) is -3.52. The lowest BCUT2D eigenvalue weighted by Crippen LogP contribution is -2.18. The highest BCUT2D eigenvalue weighted by Gasteiger charge is 2.36. The lowest BCUT2D eigenvalue weighted by atomic mass is 10.1. The number of hydrogen-bond donors (Lipinski definition) is 0. The van der Waals surface area contributed by atoms with Crippen LogP contribution >= 0.6 is 0 Å². The van der Waals surface area contributed by atoms with Gasteiger partial charge in [0.2, 0.25) is 0 Å². The average molecular weight is 446 g/mol. The van der Waals surface area contributed by atoms with Crippen molar-refractivity contribution in [2.45, 2.75) is 18.1 Å². The van der Waals surface area contributed by atoms with E-state index in [0.29, 0.717) is 22.6 Å². The van der Waals surface area contributed by atoms with Crippen LogP contribution in [-0.2, 0) is 16.1 Å². The molecule has 4 rings (SSSR count). The van der Waals surface area contributed by atoms with Gasteiger partial charge in [-0.3, -0.25) is 0 Å². The Kier molecular flexibility index (Phi) is 5.01. The van der Waals surface area contributed by atoms with Crippen LogP contribution in [0.25, 0.3) is 22.4 Å². The van der Waals surface area contributed by atoms with Crippen molar-refractivity contribution in [2.75, 3.05) is 6.26 Å². The number of ether oxygens (including phenoxy) is 1. The molecule has 0 radical (unpaired) electrons. The van der Waals surface area contributed by atoms with Crippen molar-refractivity contribution in [1.82, 2.24) is 9.55 Å². The van der Waals surface area contributed by atoms with Gasteiger partial charge in [0, 0.05) is 11.8 Å². The average Bonchev–Trinajstić information content (AvgIpc) is 3.07. The molecule has 1 heterocycles. The normalized spacial score (nSPS) is 12.3. The second-order valence-electron chi connectivity index (χ2n) is 7.05. The molecule has 0 unspecified atom stereocenters. The van der Waals surface area contributed by atoms with Crippen molar-refractivity contribution < 1.29 is 26.3 Å². The van der Waals surface area contributed by atoms with E-state index in [2.05, 4.69) is 4.98 Å². The first kappa shape index (κ1) is 20.9. The van der Waals surface area contributed by atoms with Gasteiger partial charge in [-0.25, -0.2) is 18.0 Å². The van der Waals surface area contributed by atoms with Crippen molar-refractivity contribution in [3.63, 3.8) is 0 Å². The van der Waals surface area contributed by atoms with E-state index in [9.17, 15) is 21.6 Å². The maximum absolute atomic E-state index is 13.8. The number of sulfone groups is 1. The number of aryl methyl sites for hydroxylation is 1. The number of hydrogen-bond acceptors (Lipinski definition) is 4. The van der Waals surface area contributed by atoms with E-state index in [0.717, 1.165) is 6.26 Å². The van der Waals surface area contributed by atoms with Gasteiger partial charge in [0.1, 0.15) is 17.3 Å². The molecule has 0 saturated carbocycles. The lowest BCUT2D eigenvalue weighted by molar-refractivity contribution is -0.199. The molecule has 0 N–H and O–H groups in total. The van der Waals surface area contributed by atoms with Gasteiger partial charge in [-0.05, 0) is 67.1 Å². The molecule has 0 aliphatic carbocycles. The molecule has 1 aromatic heterocycles. The largest absolute Gasteiger partial charge is 0.490 e. The summed E-state index contributed by atoms with van der Waals surface area (Å²) < 4.78 is 70.4. The molecule has 0 saturated heterocycles. The maximum atomic E-state index is 13.8. The van der Waals surface area contributed by atoms with E-state index in [1.807, 2.05) is 0 Å². The molecule has 9 heteroatoms. The first-order valence-electron chi connectivity index (χ1n) is 9.18. The van der Waals surface area contributed by atoms with Gasteiger partial charge in [0.15, 0.2) is 9.84 Å². The second kappa shape index (κ2) is 7.42. The molecular formula is C22H17F3N2O3S. The standard InChI is InChI=1S/C22H17F3N2O3S/c1-14-13-16(30-15-7-10-17(11-8-15)31(2,28)29)9-12-18(14)21-26-19-5-3-4-6-20(19)27(21)22(23,24)25/h3-13H,1-2H3. The number of nitrogens with zero attached hydrogens (tertiary/aromatic N) is 2. The minimum atomic E-state index is -4.63. The van der Waals surface area contributed by atoms with Crippen LogP contribution < -0.4 is 4.74 Å². The van der Waals surface area contributed by atoms with E-state index in [-0.39, 0.29) is 26.3 Å². The Hall–Kier alpha value is -3.33. The Morgan fingerprint density at radius 2 is 1.58 bits per heavy atom. The van der Waals surface area contributed by atoms with Crippen molar-refractivity contribution in [3.8, 4) is 22.9 Å². The predicted molar refractivity (Wildman–Crippen MR) is 111 cm³/mol. The molecule has 0 aliphatic rings. The minimum absolute atomic E-state index is 0.0179. The fourth-order valence-corrected chi connectivity index (χ4v) is 3.94. The molecular weight excluding hydrogens is 429 g/mol. The number of benzene rings is 3. The maximum Gasteiger partial charge on any atom is 0.490 e. The fraction of sp³-hybridized carbons (Fsp3) is 0.136. The molecule has 0 aliphatic heterocycles. The van der Waals surface area contributed by atoms with Gasteiger partial charge in [-0.2, -0.15) is 0 Å². The Morgan fingerprint density at radius 1 is 0.935 bits per heavy atom. The number of para-hydroxylation sites is 2. The van der Waals surface area contributed by atoms with Crippen LogP contribution in [0.3, 0.4) is 0 Å². The first-order chi connectivity index (χ1) is 14.5. The van der Waals surface area contributed by atoms with E-state index < -0.39 is 16.1 Å². The van der Waals surface area contributed by atoms with Crippen LogP contribution in [0.5, 0.6) is 11.5 Å². The van der Waals surface area contributed by atoms with Crippen LogP contribution in [0.1, 0.15) is 5.56 Å². The molecule has 160 valence electrons. The van der Waals surface area contributed by atoms with Gasteiger partial charge < -0.3 is 4.74 Å². The van der Waals surface area contributed by atoms with Crippen molar-refractivity contribution >= 4 is 20.9 Å². The van der Waals surface area contributed by atoms with E-state index in [1.165, 1.54) is 48.5 Å².